The maximum atomic E-state index is 12.5. The van der Waals surface area contributed by atoms with Gasteiger partial charge in [-0.15, -0.1) is 0 Å². The fourth-order valence-electron chi connectivity index (χ4n) is 3.86. The Balaban J connectivity index is 1.48. The summed E-state index contributed by atoms with van der Waals surface area (Å²) in [6, 6.07) is 10.2. The van der Waals surface area contributed by atoms with Gasteiger partial charge in [0, 0.05) is 48.2 Å². The van der Waals surface area contributed by atoms with Crippen LogP contribution in [0.1, 0.15) is 23.7 Å². The monoisotopic (exact) mass is 339 g/mol. The minimum Gasteiger partial charge on any atom is -0.384 e. The lowest BCUT2D eigenvalue weighted by Gasteiger charge is -2.26. The fourth-order valence-corrected chi connectivity index (χ4v) is 3.86. The molecule has 1 amide bonds. The van der Waals surface area contributed by atoms with E-state index >= 15 is 0 Å². The van der Waals surface area contributed by atoms with Crippen LogP contribution in [0.5, 0.6) is 0 Å². The van der Waals surface area contributed by atoms with E-state index in [-0.39, 0.29) is 5.91 Å². The van der Waals surface area contributed by atoms with Crippen LogP contribution in [0.2, 0.25) is 0 Å². The number of amides is 1. The first kappa shape index (κ1) is 16.4. The molecular weight excluding hydrogens is 314 g/mol. The third-order valence-corrected chi connectivity index (χ3v) is 5.17. The summed E-state index contributed by atoms with van der Waals surface area (Å²) < 4.78 is 5.39. The van der Waals surface area contributed by atoms with Crippen LogP contribution in [0.15, 0.2) is 30.3 Å². The number of nitrogens with zero attached hydrogens (tertiary/aromatic N) is 2. The molecule has 2 heterocycles. The second-order valence-corrected chi connectivity index (χ2v) is 6.64. The average molecular weight is 339 g/mol. The number of hydrogen-bond donors (Lipinski definition) is 1. The molecule has 0 spiro atoms. The fraction of sp³-hybridized carbons (Fsp3) is 0.450. The molecule has 2 aliphatic heterocycles. The number of carbonyl (C=O) groups is 1. The van der Waals surface area contributed by atoms with Crippen LogP contribution in [0.3, 0.4) is 0 Å². The van der Waals surface area contributed by atoms with Gasteiger partial charge in [-0.05, 0) is 38.1 Å². The second-order valence-electron chi connectivity index (χ2n) is 6.64. The second kappa shape index (κ2) is 7.02. The lowest BCUT2D eigenvalue weighted by atomic mass is 10.0. The van der Waals surface area contributed by atoms with Crippen molar-refractivity contribution in [3.63, 3.8) is 0 Å². The maximum Gasteiger partial charge on any atom is 0.258 e. The Kier molecular flexibility index (Phi) is 4.59. The predicted molar refractivity (Wildman–Crippen MR) is 102 cm³/mol. The number of rotatable bonds is 6. The van der Waals surface area contributed by atoms with Gasteiger partial charge in [0.05, 0.1) is 18.9 Å². The summed E-state index contributed by atoms with van der Waals surface area (Å²) >= 11 is 0. The highest BCUT2D eigenvalue weighted by Crippen LogP contribution is 2.40. The number of hydrogen-bond acceptors (Lipinski definition) is 4. The summed E-state index contributed by atoms with van der Waals surface area (Å²) in [6.45, 7) is 8.53. The Labute approximate surface area is 148 Å². The molecule has 0 atom stereocenters. The molecule has 0 unspecified atom stereocenters. The Morgan fingerprint density at radius 1 is 1.16 bits per heavy atom. The van der Waals surface area contributed by atoms with Crippen LogP contribution in [-0.2, 0) is 4.74 Å². The molecule has 0 aromatic heterocycles. The number of ether oxygens (including phenoxy) is 1. The van der Waals surface area contributed by atoms with Gasteiger partial charge in [0.2, 0.25) is 0 Å². The normalized spacial score (nSPS) is 17.5. The van der Waals surface area contributed by atoms with Gasteiger partial charge in [0.1, 0.15) is 0 Å². The highest BCUT2D eigenvalue weighted by Gasteiger charge is 2.29. The summed E-state index contributed by atoms with van der Waals surface area (Å²) in [4.78, 5) is 16.9. The number of carbonyl (C=O) groups excluding carboxylic acids is 1. The minimum atomic E-state index is 0.118. The summed E-state index contributed by atoms with van der Waals surface area (Å²) in [5.74, 6) is 0.118. The van der Waals surface area contributed by atoms with Crippen molar-refractivity contribution in [2.75, 3.05) is 56.2 Å². The van der Waals surface area contributed by atoms with E-state index in [0.717, 1.165) is 73.5 Å². The molecular formula is C20H25N3O2. The van der Waals surface area contributed by atoms with Crippen LogP contribution < -0.4 is 10.2 Å². The van der Waals surface area contributed by atoms with Gasteiger partial charge in [-0.2, -0.15) is 0 Å². The third kappa shape index (κ3) is 2.98. The predicted octanol–water partition coefficient (Wildman–Crippen LogP) is 2.95. The molecule has 2 aliphatic rings. The zero-order valence-electron chi connectivity index (χ0n) is 14.8. The van der Waals surface area contributed by atoms with Crippen molar-refractivity contribution in [3.8, 4) is 0 Å². The highest BCUT2D eigenvalue weighted by atomic mass is 16.5. The SMILES string of the molecule is CCN1C(=O)c2cccc3c(NCCCN4CCOCC4)ccc1c23. The lowest BCUT2D eigenvalue weighted by molar-refractivity contribution is 0.0378. The maximum absolute atomic E-state index is 12.5. The topological polar surface area (TPSA) is 44.8 Å². The molecule has 0 saturated carbocycles. The molecule has 4 rings (SSSR count). The van der Waals surface area contributed by atoms with Crippen molar-refractivity contribution >= 4 is 28.1 Å². The number of morpholine rings is 1. The van der Waals surface area contributed by atoms with E-state index in [1.807, 2.05) is 24.0 Å². The molecule has 0 aliphatic carbocycles. The van der Waals surface area contributed by atoms with Gasteiger partial charge in [-0.25, -0.2) is 0 Å². The molecule has 0 radical (unpaired) electrons. The first-order chi connectivity index (χ1) is 12.3. The first-order valence-corrected chi connectivity index (χ1v) is 9.21. The summed E-state index contributed by atoms with van der Waals surface area (Å²) in [6.07, 6.45) is 1.10. The van der Waals surface area contributed by atoms with Gasteiger partial charge in [0.15, 0.2) is 0 Å². The van der Waals surface area contributed by atoms with Gasteiger partial charge in [-0.3, -0.25) is 9.69 Å². The minimum absolute atomic E-state index is 0.118. The highest BCUT2D eigenvalue weighted by molar-refractivity contribution is 6.26. The van der Waals surface area contributed by atoms with Gasteiger partial charge in [0.25, 0.3) is 5.91 Å². The molecule has 132 valence electrons. The van der Waals surface area contributed by atoms with E-state index in [0.29, 0.717) is 6.54 Å². The lowest BCUT2D eigenvalue weighted by Crippen LogP contribution is -2.37. The van der Waals surface area contributed by atoms with Crippen molar-refractivity contribution in [1.82, 2.24) is 4.90 Å². The number of benzene rings is 2. The molecule has 1 saturated heterocycles. The van der Waals surface area contributed by atoms with E-state index in [9.17, 15) is 4.79 Å². The molecule has 25 heavy (non-hydrogen) atoms. The summed E-state index contributed by atoms with van der Waals surface area (Å²) in [7, 11) is 0. The summed E-state index contributed by atoms with van der Waals surface area (Å²) in [5, 5.41) is 5.80. The first-order valence-electron chi connectivity index (χ1n) is 9.21. The molecule has 2 aromatic rings. The Hall–Kier alpha value is -2.11. The Morgan fingerprint density at radius 2 is 2.00 bits per heavy atom. The van der Waals surface area contributed by atoms with E-state index in [2.05, 4.69) is 28.4 Å². The largest absolute Gasteiger partial charge is 0.384 e. The molecule has 0 bridgehead atoms. The Bertz CT molecular complexity index is 784. The third-order valence-electron chi connectivity index (χ3n) is 5.17. The van der Waals surface area contributed by atoms with Crippen molar-refractivity contribution in [1.29, 1.82) is 0 Å². The van der Waals surface area contributed by atoms with Crippen molar-refractivity contribution in [3.05, 3.63) is 35.9 Å². The zero-order valence-corrected chi connectivity index (χ0v) is 14.8. The standard InChI is InChI=1S/C20H25N3O2/c1-2-23-18-8-7-17(15-5-3-6-16(19(15)18)20(23)24)21-9-4-10-22-11-13-25-14-12-22/h3,5-8,21H,2,4,9-14H2,1H3. The van der Waals surface area contributed by atoms with Gasteiger partial charge >= 0.3 is 0 Å². The van der Waals surface area contributed by atoms with Gasteiger partial charge in [-0.1, -0.05) is 12.1 Å². The van der Waals surface area contributed by atoms with E-state index in [1.165, 1.54) is 0 Å². The van der Waals surface area contributed by atoms with Crippen LogP contribution in [0.4, 0.5) is 11.4 Å². The molecule has 1 N–H and O–H groups in total. The van der Waals surface area contributed by atoms with Crippen molar-refractivity contribution in [2.45, 2.75) is 13.3 Å². The molecule has 5 nitrogen and oxygen atoms in total. The molecule has 2 aromatic carbocycles. The van der Waals surface area contributed by atoms with Crippen LogP contribution in [0.25, 0.3) is 10.8 Å². The number of anilines is 2. The van der Waals surface area contributed by atoms with E-state index in [1.54, 1.807) is 0 Å². The quantitative estimate of drug-likeness (QED) is 0.822. The van der Waals surface area contributed by atoms with E-state index in [4.69, 9.17) is 4.74 Å². The van der Waals surface area contributed by atoms with Crippen LogP contribution in [0, 0.1) is 0 Å². The molecule has 5 heteroatoms. The van der Waals surface area contributed by atoms with Gasteiger partial charge < -0.3 is 15.0 Å². The number of nitrogens with one attached hydrogen (secondary N) is 1. The van der Waals surface area contributed by atoms with Crippen molar-refractivity contribution in [2.24, 2.45) is 0 Å². The smallest absolute Gasteiger partial charge is 0.258 e. The van der Waals surface area contributed by atoms with Crippen LogP contribution >= 0.6 is 0 Å². The van der Waals surface area contributed by atoms with E-state index < -0.39 is 0 Å². The Morgan fingerprint density at radius 3 is 2.80 bits per heavy atom. The summed E-state index contributed by atoms with van der Waals surface area (Å²) in [5.41, 5.74) is 2.98. The van der Waals surface area contributed by atoms with Crippen LogP contribution in [-0.4, -0.2) is 56.7 Å². The zero-order chi connectivity index (χ0) is 17.2. The average Bonchev–Trinajstić information content (AvgIpc) is 2.94. The molecule has 1 fully saturated rings. The van der Waals surface area contributed by atoms with Crippen molar-refractivity contribution < 1.29 is 9.53 Å².